The second kappa shape index (κ2) is 9.11. The van der Waals surface area contributed by atoms with Crippen LogP contribution in [-0.4, -0.2) is 29.6 Å². The summed E-state index contributed by atoms with van der Waals surface area (Å²) in [5.41, 5.74) is 2.71. The van der Waals surface area contributed by atoms with Crippen molar-refractivity contribution >= 4 is 27.7 Å². The van der Waals surface area contributed by atoms with Crippen LogP contribution in [0.5, 0.6) is 0 Å². The Bertz CT molecular complexity index is 1410. The normalized spacial score (nSPS) is 16.4. The van der Waals surface area contributed by atoms with Crippen LogP contribution in [0.15, 0.2) is 83.8 Å². The lowest BCUT2D eigenvalue weighted by Gasteiger charge is -2.35. The average Bonchev–Trinajstić information content (AvgIpc) is 2.82. The van der Waals surface area contributed by atoms with E-state index in [4.69, 9.17) is 0 Å². The van der Waals surface area contributed by atoms with Gasteiger partial charge in [0, 0.05) is 17.7 Å². The fraction of sp³-hybridized carbons (Fsp3) is 0.222. The fourth-order valence-electron chi connectivity index (χ4n) is 4.09. The average molecular weight is 491 g/mol. The van der Waals surface area contributed by atoms with Gasteiger partial charge in [0.1, 0.15) is 0 Å². The van der Waals surface area contributed by atoms with Crippen LogP contribution in [0.4, 0.5) is 5.69 Å². The summed E-state index contributed by atoms with van der Waals surface area (Å²) in [5.74, 6) is -0.618. The Morgan fingerprint density at radius 3 is 2.26 bits per heavy atom. The number of hydrogen-bond acceptors (Lipinski definition) is 5. The molecule has 0 saturated carbocycles. The highest BCUT2D eigenvalue weighted by Crippen LogP contribution is 2.33. The third kappa shape index (κ3) is 4.88. The van der Waals surface area contributed by atoms with E-state index in [0.29, 0.717) is 12.0 Å². The van der Waals surface area contributed by atoms with Gasteiger partial charge in [0.2, 0.25) is 0 Å². The van der Waals surface area contributed by atoms with Crippen molar-refractivity contribution in [2.45, 2.75) is 43.5 Å². The molecule has 1 aliphatic heterocycles. The minimum Gasteiger partial charge on any atom is -0.268 e. The van der Waals surface area contributed by atoms with E-state index in [9.17, 15) is 23.3 Å². The molecule has 35 heavy (non-hydrogen) atoms. The number of nitro benzene ring substituents is 1. The summed E-state index contributed by atoms with van der Waals surface area (Å²) in [7, 11) is -4.28. The zero-order valence-electron chi connectivity index (χ0n) is 19.7. The number of carbonyl (C=O) groups excluding carboxylic acids is 1. The molecule has 8 heteroatoms. The van der Waals surface area contributed by atoms with Gasteiger partial charge >= 0.3 is 0 Å². The third-order valence-electron chi connectivity index (χ3n) is 6.05. The van der Waals surface area contributed by atoms with Crippen molar-refractivity contribution in [3.05, 3.63) is 111 Å². The van der Waals surface area contributed by atoms with Crippen LogP contribution in [0.3, 0.4) is 0 Å². The van der Waals surface area contributed by atoms with Gasteiger partial charge in [-0.05, 0) is 46.7 Å². The number of benzene rings is 3. The van der Waals surface area contributed by atoms with Crippen molar-refractivity contribution in [2.24, 2.45) is 0 Å². The van der Waals surface area contributed by atoms with Gasteiger partial charge in [-0.15, -0.1) is 0 Å². The SMILES string of the molecule is CC(C)(C)c1ccc2c(c1)C[C@@H](/C=C/c1ccccc1)N(S(=O)(=O)c1ccc([N+](=O)[O-])cc1)C2=O. The first-order valence-corrected chi connectivity index (χ1v) is 12.6. The molecule has 3 aromatic rings. The fourth-order valence-corrected chi connectivity index (χ4v) is 5.61. The Morgan fingerprint density at radius 2 is 1.66 bits per heavy atom. The predicted octanol–water partition coefficient (Wildman–Crippen LogP) is 5.36. The van der Waals surface area contributed by atoms with Gasteiger partial charge in [0.05, 0.1) is 15.9 Å². The monoisotopic (exact) mass is 490 g/mol. The maximum Gasteiger partial charge on any atom is 0.269 e. The summed E-state index contributed by atoms with van der Waals surface area (Å²) in [4.78, 5) is 23.8. The molecule has 180 valence electrons. The molecule has 1 heterocycles. The Kier molecular flexibility index (Phi) is 6.34. The van der Waals surface area contributed by atoms with E-state index in [0.717, 1.165) is 45.3 Å². The molecule has 0 fully saturated rings. The standard InChI is InChI=1S/C27H26N2O5S/c1-27(2,3)21-10-16-25-20(17-21)18-23(11-9-19-7-5-4-6-8-19)28(26(25)30)35(33,34)24-14-12-22(13-15-24)29(31)32/h4-17,23H,18H2,1-3H3/b11-9+/t23-/m1/s1. The van der Waals surface area contributed by atoms with Gasteiger partial charge in [-0.25, -0.2) is 12.7 Å². The number of nitrogens with zero attached hydrogens (tertiary/aromatic N) is 2. The van der Waals surface area contributed by atoms with E-state index in [1.807, 2.05) is 42.5 Å². The van der Waals surface area contributed by atoms with Crippen molar-refractivity contribution in [3.8, 4) is 0 Å². The summed E-state index contributed by atoms with van der Waals surface area (Å²) in [6.45, 7) is 6.24. The van der Waals surface area contributed by atoms with Crippen LogP contribution in [-0.2, 0) is 21.9 Å². The lowest BCUT2D eigenvalue weighted by Crippen LogP contribution is -2.48. The number of hydrogen-bond donors (Lipinski definition) is 0. The van der Waals surface area contributed by atoms with Crippen molar-refractivity contribution in [2.75, 3.05) is 0 Å². The van der Waals surface area contributed by atoms with Crippen LogP contribution in [0.2, 0.25) is 0 Å². The second-order valence-electron chi connectivity index (χ2n) is 9.52. The molecule has 0 radical (unpaired) electrons. The maximum atomic E-state index is 13.6. The molecule has 4 rings (SSSR count). The molecule has 0 unspecified atom stereocenters. The van der Waals surface area contributed by atoms with Crippen LogP contribution >= 0.6 is 0 Å². The number of rotatable bonds is 5. The first kappa shape index (κ1) is 24.3. The summed E-state index contributed by atoms with van der Waals surface area (Å²) < 4.78 is 28.2. The van der Waals surface area contributed by atoms with E-state index < -0.39 is 26.9 Å². The smallest absolute Gasteiger partial charge is 0.268 e. The summed E-state index contributed by atoms with van der Waals surface area (Å²) >= 11 is 0. The second-order valence-corrected chi connectivity index (χ2v) is 11.3. The molecular weight excluding hydrogens is 464 g/mol. The number of sulfonamides is 1. The third-order valence-corrected chi connectivity index (χ3v) is 7.87. The zero-order valence-corrected chi connectivity index (χ0v) is 20.5. The minimum absolute atomic E-state index is 0.130. The summed E-state index contributed by atoms with van der Waals surface area (Å²) in [6, 6.07) is 18.8. The Labute approximate surface area is 204 Å². The Hall–Kier alpha value is -3.78. The Morgan fingerprint density at radius 1 is 1.00 bits per heavy atom. The van der Waals surface area contributed by atoms with Crippen molar-refractivity contribution in [1.29, 1.82) is 0 Å². The number of amides is 1. The zero-order chi connectivity index (χ0) is 25.4. The molecule has 0 bridgehead atoms. The number of fused-ring (bicyclic) bond motifs is 1. The van der Waals surface area contributed by atoms with Gasteiger partial charge in [-0.1, -0.05) is 75.4 Å². The van der Waals surface area contributed by atoms with Crippen LogP contribution in [0.1, 0.15) is 47.8 Å². The Balaban J connectivity index is 1.81. The largest absolute Gasteiger partial charge is 0.269 e. The quantitative estimate of drug-likeness (QED) is 0.354. The van der Waals surface area contributed by atoms with Gasteiger partial charge in [-0.2, -0.15) is 0 Å². The van der Waals surface area contributed by atoms with E-state index in [1.165, 1.54) is 0 Å². The number of non-ortho nitro benzene ring substituents is 1. The lowest BCUT2D eigenvalue weighted by atomic mass is 9.83. The highest BCUT2D eigenvalue weighted by atomic mass is 32.2. The molecule has 0 aliphatic carbocycles. The number of nitro groups is 1. The summed E-state index contributed by atoms with van der Waals surface area (Å²) in [6.07, 6.45) is 3.85. The molecule has 7 nitrogen and oxygen atoms in total. The topological polar surface area (TPSA) is 97.6 Å². The van der Waals surface area contributed by atoms with Crippen LogP contribution < -0.4 is 0 Å². The molecule has 0 aromatic heterocycles. The van der Waals surface area contributed by atoms with Gasteiger partial charge in [0.25, 0.3) is 21.6 Å². The van der Waals surface area contributed by atoms with Crippen LogP contribution in [0, 0.1) is 10.1 Å². The van der Waals surface area contributed by atoms with E-state index >= 15 is 0 Å². The molecule has 1 amide bonds. The van der Waals surface area contributed by atoms with Crippen molar-refractivity contribution in [3.63, 3.8) is 0 Å². The van der Waals surface area contributed by atoms with Gasteiger partial charge in [0.15, 0.2) is 0 Å². The van der Waals surface area contributed by atoms with E-state index in [-0.39, 0.29) is 16.0 Å². The maximum absolute atomic E-state index is 13.6. The summed E-state index contributed by atoms with van der Waals surface area (Å²) in [5, 5.41) is 11.0. The van der Waals surface area contributed by atoms with Gasteiger partial charge < -0.3 is 0 Å². The van der Waals surface area contributed by atoms with Crippen LogP contribution in [0.25, 0.3) is 6.08 Å². The molecule has 0 saturated heterocycles. The van der Waals surface area contributed by atoms with Gasteiger partial charge in [-0.3, -0.25) is 14.9 Å². The molecule has 0 spiro atoms. The molecule has 1 aliphatic rings. The molecule has 3 aromatic carbocycles. The first-order valence-electron chi connectivity index (χ1n) is 11.2. The van der Waals surface area contributed by atoms with Crippen molar-refractivity contribution in [1.82, 2.24) is 4.31 Å². The lowest BCUT2D eigenvalue weighted by molar-refractivity contribution is -0.384. The first-order chi connectivity index (χ1) is 16.5. The molecule has 1 atom stereocenters. The predicted molar refractivity (Wildman–Crippen MR) is 135 cm³/mol. The molecule has 0 N–H and O–H groups in total. The van der Waals surface area contributed by atoms with E-state index in [1.54, 1.807) is 18.2 Å². The highest BCUT2D eigenvalue weighted by Gasteiger charge is 2.40. The minimum atomic E-state index is -4.28. The number of carbonyl (C=O) groups is 1. The van der Waals surface area contributed by atoms with Crippen molar-refractivity contribution < 1.29 is 18.1 Å². The highest BCUT2D eigenvalue weighted by molar-refractivity contribution is 7.89. The van der Waals surface area contributed by atoms with E-state index in [2.05, 4.69) is 20.8 Å². The molecular formula is C27H26N2O5S.